The fourth-order valence-corrected chi connectivity index (χ4v) is 0.418. The van der Waals surface area contributed by atoms with Crippen LogP contribution in [-0.4, -0.2) is 19.6 Å². The lowest BCUT2D eigenvalue weighted by Crippen LogP contribution is -2.27. The van der Waals surface area contributed by atoms with Gasteiger partial charge in [0.05, 0.1) is 0 Å². The van der Waals surface area contributed by atoms with Crippen LogP contribution in [0.5, 0.6) is 0 Å². The number of hydrogen-bond acceptors (Lipinski definition) is 1. The number of nitrogens with one attached hydrogen (secondary N) is 1. The Morgan fingerprint density at radius 2 is 2.33 bits per heavy atom. The van der Waals surface area contributed by atoms with Crippen LogP contribution in [0.3, 0.4) is 0 Å². The van der Waals surface area contributed by atoms with Gasteiger partial charge in [-0.25, -0.2) is 10.1 Å². The fourth-order valence-electron chi connectivity index (χ4n) is 0.418. The first-order valence-corrected chi connectivity index (χ1v) is 3.20. The maximum absolute atomic E-state index is 10.4. The van der Waals surface area contributed by atoms with Crippen LogP contribution in [0.4, 0.5) is 4.79 Å². The molecule has 3 nitrogen and oxygen atoms in total. The van der Waals surface area contributed by atoms with Crippen molar-refractivity contribution in [3.63, 3.8) is 0 Å². The average molecular weight is 129 g/mol. The van der Waals surface area contributed by atoms with E-state index in [1.165, 1.54) is 0 Å². The van der Waals surface area contributed by atoms with Crippen molar-refractivity contribution in [3.8, 4) is 0 Å². The summed E-state index contributed by atoms with van der Waals surface area (Å²) in [5, 5.41) is 6.10. The topological polar surface area (TPSA) is 43.2 Å². The van der Waals surface area contributed by atoms with E-state index in [0.717, 1.165) is 12.8 Å². The molecule has 0 aliphatic rings. The van der Waals surface area contributed by atoms with Gasteiger partial charge in [0, 0.05) is 13.6 Å². The second-order valence-electron chi connectivity index (χ2n) is 1.79. The van der Waals surface area contributed by atoms with Crippen LogP contribution >= 0.6 is 0 Å². The van der Waals surface area contributed by atoms with Crippen LogP contribution in [-0.2, 0) is 0 Å². The quantitative estimate of drug-likeness (QED) is 0.561. The SMILES string of the molecule is CCCC[N]C(=O)NC. The van der Waals surface area contributed by atoms with Gasteiger partial charge in [-0.15, -0.1) is 0 Å². The summed E-state index contributed by atoms with van der Waals surface area (Å²) < 4.78 is 0. The van der Waals surface area contributed by atoms with Gasteiger partial charge in [0.2, 0.25) is 0 Å². The summed E-state index contributed by atoms with van der Waals surface area (Å²) in [6.07, 6.45) is 2.08. The minimum Gasteiger partial charge on any atom is -0.340 e. The minimum absolute atomic E-state index is 0.219. The van der Waals surface area contributed by atoms with Crippen LogP contribution in [0.25, 0.3) is 0 Å². The molecule has 0 fully saturated rings. The Balaban J connectivity index is 2.97. The third kappa shape index (κ3) is 5.14. The molecule has 3 heteroatoms. The highest BCUT2D eigenvalue weighted by atomic mass is 16.2. The van der Waals surface area contributed by atoms with E-state index in [2.05, 4.69) is 17.6 Å². The van der Waals surface area contributed by atoms with Gasteiger partial charge in [-0.3, -0.25) is 0 Å². The average Bonchev–Trinajstić information content (AvgIpc) is 1.89. The zero-order valence-electron chi connectivity index (χ0n) is 5.98. The van der Waals surface area contributed by atoms with Gasteiger partial charge in [-0.2, -0.15) is 0 Å². The summed E-state index contributed by atoms with van der Waals surface area (Å²) in [6, 6.07) is -0.219. The minimum atomic E-state index is -0.219. The predicted molar refractivity (Wildman–Crippen MR) is 36.4 cm³/mol. The van der Waals surface area contributed by atoms with E-state index < -0.39 is 0 Å². The monoisotopic (exact) mass is 129 g/mol. The van der Waals surface area contributed by atoms with E-state index in [4.69, 9.17) is 0 Å². The summed E-state index contributed by atoms with van der Waals surface area (Å²) in [4.78, 5) is 10.4. The molecule has 1 radical (unpaired) electrons. The first-order chi connectivity index (χ1) is 4.31. The van der Waals surface area contributed by atoms with E-state index in [0.29, 0.717) is 6.54 Å². The molecule has 0 unspecified atom stereocenters. The standard InChI is InChI=1S/C6H13N2O/c1-3-4-5-8-6(9)7-2/h3-5H2,1-2H3,(H,7,9). The molecule has 0 saturated heterocycles. The molecular formula is C6H13N2O. The lowest BCUT2D eigenvalue weighted by Gasteiger charge is -1.97. The van der Waals surface area contributed by atoms with Gasteiger partial charge in [-0.1, -0.05) is 13.3 Å². The molecular weight excluding hydrogens is 116 g/mol. The number of rotatable bonds is 3. The molecule has 9 heavy (non-hydrogen) atoms. The maximum Gasteiger partial charge on any atom is 0.336 e. The maximum atomic E-state index is 10.4. The van der Waals surface area contributed by atoms with Crippen LogP contribution in [0.2, 0.25) is 0 Å². The number of hydrogen-bond donors (Lipinski definition) is 1. The third-order valence-electron chi connectivity index (χ3n) is 0.981. The second-order valence-corrected chi connectivity index (χ2v) is 1.79. The highest BCUT2D eigenvalue weighted by Gasteiger charge is 1.93. The lowest BCUT2D eigenvalue weighted by atomic mass is 10.3. The molecule has 0 aliphatic carbocycles. The zero-order chi connectivity index (χ0) is 7.11. The lowest BCUT2D eigenvalue weighted by molar-refractivity contribution is 0.242. The predicted octanol–water partition coefficient (Wildman–Crippen LogP) is 0.730. The van der Waals surface area contributed by atoms with Crippen LogP contribution in [0.1, 0.15) is 19.8 Å². The number of carbonyl (C=O) groups is 1. The van der Waals surface area contributed by atoms with E-state index in [9.17, 15) is 4.79 Å². The molecule has 53 valence electrons. The number of urea groups is 1. The molecule has 0 atom stereocenters. The van der Waals surface area contributed by atoms with E-state index in [-0.39, 0.29) is 6.03 Å². The Kier molecular flexibility index (Phi) is 4.97. The number of unbranched alkanes of at least 4 members (excludes halogenated alkanes) is 1. The summed E-state index contributed by atoms with van der Waals surface area (Å²) in [5.41, 5.74) is 0. The molecule has 2 amide bonds. The smallest absolute Gasteiger partial charge is 0.336 e. The number of amides is 2. The molecule has 0 aromatic heterocycles. The summed E-state index contributed by atoms with van der Waals surface area (Å²) in [6.45, 7) is 2.72. The molecule has 0 rings (SSSR count). The van der Waals surface area contributed by atoms with Gasteiger partial charge in [0.25, 0.3) is 0 Å². The first-order valence-electron chi connectivity index (χ1n) is 3.20. The number of carbonyl (C=O) groups excluding carboxylic acids is 1. The van der Waals surface area contributed by atoms with Gasteiger partial charge in [0.15, 0.2) is 0 Å². The highest BCUT2D eigenvalue weighted by molar-refractivity contribution is 5.72. The summed E-state index contributed by atoms with van der Waals surface area (Å²) >= 11 is 0. The molecule has 0 aromatic carbocycles. The molecule has 0 aliphatic heterocycles. The Hall–Kier alpha value is -0.730. The summed E-state index contributed by atoms with van der Waals surface area (Å²) in [7, 11) is 1.58. The van der Waals surface area contributed by atoms with Gasteiger partial charge in [0.1, 0.15) is 0 Å². The van der Waals surface area contributed by atoms with Crippen molar-refractivity contribution >= 4 is 6.03 Å². The van der Waals surface area contributed by atoms with Crippen molar-refractivity contribution < 1.29 is 4.79 Å². The molecule has 0 heterocycles. The number of nitrogens with zero attached hydrogens (tertiary/aromatic N) is 1. The van der Waals surface area contributed by atoms with Crippen LogP contribution in [0, 0.1) is 0 Å². The Bertz CT molecular complexity index is 83.1. The molecule has 0 saturated carbocycles. The van der Waals surface area contributed by atoms with E-state index >= 15 is 0 Å². The van der Waals surface area contributed by atoms with E-state index in [1.807, 2.05) is 0 Å². The molecule has 0 bridgehead atoms. The largest absolute Gasteiger partial charge is 0.340 e. The second kappa shape index (κ2) is 5.41. The van der Waals surface area contributed by atoms with Crippen LogP contribution < -0.4 is 10.6 Å². The molecule has 1 N–H and O–H groups in total. The molecule has 0 aromatic rings. The Labute approximate surface area is 55.8 Å². The van der Waals surface area contributed by atoms with Gasteiger partial charge in [-0.05, 0) is 6.42 Å². The highest BCUT2D eigenvalue weighted by Crippen LogP contribution is 1.82. The van der Waals surface area contributed by atoms with Crippen molar-refractivity contribution in [3.05, 3.63) is 0 Å². The summed E-state index contributed by atoms with van der Waals surface area (Å²) in [5.74, 6) is 0. The van der Waals surface area contributed by atoms with Crippen molar-refractivity contribution in [1.29, 1.82) is 0 Å². The van der Waals surface area contributed by atoms with Gasteiger partial charge < -0.3 is 5.32 Å². The third-order valence-corrected chi connectivity index (χ3v) is 0.981. The molecule has 0 spiro atoms. The van der Waals surface area contributed by atoms with E-state index in [1.54, 1.807) is 7.05 Å². The van der Waals surface area contributed by atoms with Crippen molar-refractivity contribution in [2.45, 2.75) is 19.8 Å². The first kappa shape index (κ1) is 8.27. The van der Waals surface area contributed by atoms with Crippen molar-refractivity contribution in [1.82, 2.24) is 10.6 Å². The van der Waals surface area contributed by atoms with Crippen LogP contribution in [0.15, 0.2) is 0 Å². The normalized spacial score (nSPS) is 8.67. The zero-order valence-corrected chi connectivity index (χ0v) is 5.98. The van der Waals surface area contributed by atoms with Gasteiger partial charge >= 0.3 is 6.03 Å². The van der Waals surface area contributed by atoms with Crippen molar-refractivity contribution in [2.24, 2.45) is 0 Å². The Morgan fingerprint density at radius 1 is 1.67 bits per heavy atom. The fraction of sp³-hybridized carbons (Fsp3) is 0.833. The van der Waals surface area contributed by atoms with Crippen molar-refractivity contribution in [2.75, 3.05) is 13.6 Å². The Morgan fingerprint density at radius 3 is 2.78 bits per heavy atom.